The number of rotatable bonds is 8. The number of anilines is 2. The van der Waals surface area contributed by atoms with Gasteiger partial charge in [-0.15, -0.1) is 0 Å². The summed E-state index contributed by atoms with van der Waals surface area (Å²) in [5.41, 5.74) is 2.53. The normalized spacial score (nSPS) is 21.2. The van der Waals surface area contributed by atoms with Crippen molar-refractivity contribution in [3.05, 3.63) is 47.9 Å². The zero-order valence-electron chi connectivity index (χ0n) is 23.9. The number of nitriles is 1. The summed E-state index contributed by atoms with van der Waals surface area (Å²) in [6, 6.07) is 7.53. The molecule has 2 aromatic rings. The number of carbonyl (C=O) groups is 1. The Bertz CT molecular complexity index is 1320. The highest BCUT2D eigenvalue weighted by Gasteiger charge is 2.33. The molecule has 2 fully saturated rings. The van der Waals surface area contributed by atoms with Crippen LogP contribution in [0.15, 0.2) is 30.9 Å². The Morgan fingerprint density at radius 2 is 2.05 bits per heavy atom. The third-order valence-electron chi connectivity index (χ3n) is 8.38. The Morgan fingerprint density at radius 3 is 2.78 bits per heavy atom. The second-order valence-corrected chi connectivity index (χ2v) is 10.9. The average molecular weight is 564 g/mol. The lowest BCUT2D eigenvalue weighted by molar-refractivity contribution is -0.128. The number of benzene rings is 1. The molecule has 5 rings (SSSR count). The van der Waals surface area contributed by atoms with E-state index >= 15 is 0 Å². The first-order valence-electron chi connectivity index (χ1n) is 14.3. The number of hydrogen-bond donors (Lipinski definition) is 0. The lowest BCUT2D eigenvalue weighted by atomic mass is 10.1. The summed E-state index contributed by atoms with van der Waals surface area (Å²) in [5.74, 6) is 0.425. The van der Waals surface area contributed by atoms with Crippen molar-refractivity contribution < 1.29 is 18.7 Å². The second kappa shape index (κ2) is 12.7. The molecule has 1 unspecified atom stereocenters. The van der Waals surface area contributed by atoms with E-state index in [0.29, 0.717) is 57.1 Å². The van der Waals surface area contributed by atoms with Crippen LogP contribution in [0.1, 0.15) is 36.9 Å². The monoisotopic (exact) mass is 563 g/mol. The molecule has 0 radical (unpaired) electrons. The molecule has 0 aliphatic carbocycles. The van der Waals surface area contributed by atoms with Gasteiger partial charge in [-0.3, -0.25) is 4.79 Å². The molecule has 0 spiro atoms. The number of para-hydroxylation sites is 1. The van der Waals surface area contributed by atoms with Crippen LogP contribution in [0.5, 0.6) is 11.8 Å². The first-order valence-corrected chi connectivity index (χ1v) is 14.3. The van der Waals surface area contributed by atoms with Crippen LogP contribution < -0.4 is 19.3 Å². The molecule has 0 saturated carbocycles. The molecule has 0 N–H and O–H groups in total. The molecular formula is C30H38FN7O3. The highest BCUT2D eigenvalue weighted by Crippen LogP contribution is 2.36. The first kappa shape index (κ1) is 28.6. The molecule has 1 aromatic carbocycles. The minimum absolute atomic E-state index is 0.171. The number of carbonyl (C=O) groups excluding carboxylic acids is 1. The molecular weight excluding hydrogens is 525 g/mol. The van der Waals surface area contributed by atoms with Gasteiger partial charge in [0.15, 0.2) is 11.6 Å². The van der Waals surface area contributed by atoms with E-state index < -0.39 is 5.82 Å². The van der Waals surface area contributed by atoms with Gasteiger partial charge in [0.1, 0.15) is 12.4 Å². The largest absolute Gasteiger partial charge is 0.492 e. The number of amides is 1. The van der Waals surface area contributed by atoms with Gasteiger partial charge in [-0.2, -0.15) is 15.2 Å². The number of likely N-dealkylation sites (tertiary alicyclic amines) is 1. The molecule has 10 nitrogen and oxygen atoms in total. The van der Waals surface area contributed by atoms with Crippen molar-refractivity contribution in [3.8, 4) is 17.8 Å². The van der Waals surface area contributed by atoms with Crippen molar-refractivity contribution >= 4 is 17.4 Å². The van der Waals surface area contributed by atoms with E-state index in [1.807, 2.05) is 6.07 Å². The number of ether oxygens (including phenoxy) is 2. The summed E-state index contributed by atoms with van der Waals surface area (Å²) >= 11 is 0. The van der Waals surface area contributed by atoms with Crippen LogP contribution in [0.3, 0.4) is 0 Å². The third-order valence-corrected chi connectivity index (χ3v) is 8.38. The number of nitrogens with zero attached hydrogens (tertiary/aromatic N) is 7. The highest BCUT2D eigenvalue weighted by atomic mass is 19.1. The summed E-state index contributed by atoms with van der Waals surface area (Å²) in [6.07, 6.45) is 5.27. The van der Waals surface area contributed by atoms with Crippen LogP contribution >= 0.6 is 0 Å². The van der Waals surface area contributed by atoms with Crippen molar-refractivity contribution in [2.45, 2.75) is 50.7 Å². The van der Waals surface area contributed by atoms with Gasteiger partial charge in [0.25, 0.3) is 0 Å². The van der Waals surface area contributed by atoms with E-state index in [0.717, 1.165) is 49.3 Å². The van der Waals surface area contributed by atoms with Gasteiger partial charge in [-0.25, -0.2) is 4.39 Å². The molecule has 218 valence electrons. The smallest absolute Gasteiger partial charge is 0.318 e. The number of methoxy groups -OCH3 is 1. The molecule has 2 atom stereocenters. The molecule has 3 aliphatic heterocycles. The number of piperazine rings is 1. The van der Waals surface area contributed by atoms with Gasteiger partial charge >= 0.3 is 6.01 Å². The number of halogens is 1. The van der Waals surface area contributed by atoms with Gasteiger partial charge < -0.3 is 29.1 Å². The summed E-state index contributed by atoms with van der Waals surface area (Å²) in [6.45, 7) is 7.81. The maximum atomic E-state index is 14.6. The Hall–Kier alpha value is -3.91. The van der Waals surface area contributed by atoms with Crippen molar-refractivity contribution in [2.24, 2.45) is 0 Å². The fourth-order valence-corrected chi connectivity index (χ4v) is 6.16. The molecule has 2 saturated heterocycles. The van der Waals surface area contributed by atoms with Gasteiger partial charge in [0, 0.05) is 37.8 Å². The van der Waals surface area contributed by atoms with Crippen molar-refractivity contribution in [2.75, 3.05) is 63.3 Å². The van der Waals surface area contributed by atoms with Crippen LogP contribution in [0.25, 0.3) is 0 Å². The summed E-state index contributed by atoms with van der Waals surface area (Å²) < 4.78 is 26.3. The molecule has 4 heterocycles. The predicted octanol–water partition coefficient (Wildman–Crippen LogP) is 3.17. The van der Waals surface area contributed by atoms with E-state index in [-0.39, 0.29) is 24.1 Å². The fraction of sp³-hybridized carbons (Fsp3) is 0.533. The second-order valence-electron chi connectivity index (χ2n) is 10.9. The number of fused-ring (bicyclic) bond motifs is 1. The minimum atomic E-state index is -0.405. The first-order chi connectivity index (χ1) is 19.9. The maximum Gasteiger partial charge on any atom is 0.318 e. The maximum absolute atomic E-state index is 14.6. The van der Waals surface area contributed by atoms with E-state index in [2.05, 4.69) is 34.4 Å². The van der Waals surface area contributed by atoms with Gasteiger partial charge in [0.2, 0.25) is 5.91 Å². The Labute approximate surface area is 241 Å². The molecule has 41 heavy (non-hydrogen) atoms. The third kappa shape index (κ3) is 6.07. The average Bonchev–Trinajstić information content (AvgIpc) is 3.27. The molecule has 1 aromatic heterocycles. The summed E-state index contributed by atoms with van der Waals surface area (Å²) in [7, 11) is 3.59. The zero-order valence-corrected chi connectivity index (χ0v) is 23.9. The SMILES string of the molecule is C=CC(=O)N1CCN(c2nc(OC[C@@H]3CCCN3C)nc3c2CCCN(c2cccc(F)c2OC)C3)CC1CC#N. The topological polar surface area (TPSA) is 98.1 Å². The summed E-state index contributed by atoms with van der Waals surface area (Å²) in [5, 5.41) is 9.49. The predicted molar refractivity (Wildman–Crippen MR) is 154 cm³/mol. The number of likely N-dealkylation sites (N-methyl/N-ethyl adjacent to an activating group) is 1. The minimum Gasteiger partial charge on any atom is -0.492 e. The Balaban J connectivity index is 1.49. The van der Waals surface area contributed by atoms with Gasteiger partial charge in [-0.1, -0.05) is 12.6 Å². The van der Waals surface area contributed by atoms with Crippen LogP contribution in [0.2, 0.25) is 0 Å². The number of aromatic nitrogens is 2. The number of hydrogen-bond acceptors (Lipinski definition) is 9. The van der Waals surface area contributed by atoms with Gasteiger partial charge in [0.05, 0.1) is 43.6 Å². The Morgan fingerprint density at radius 1 is 1.20 bits per heavy atom. The van der Waals surface area contributed by atoms with Crippen molar-refractivity contribution in [1.29, 1.82) is 5.26 Å². The quantitative estimate of drug-likeness (QED) is 0.449. The van der Waals surface area contributed by atoms with Crippen LogP contribution in [-0.2, 0) is 17.8 Å². The summed E-state index contributed by atoms with van der Waals surface area (Å²) in [4.78, 5) is 30.6. The Kier molecular flexibility index (Phi) is 8.88. The van der Waals surface area contributed by atoms with Crippen LogP contribution in [0.4, 0.5) is 15.9 Å². The zero-order chi connectivity index (χ0) is 28.9. The fourth-order valence-electron chi connectivity index (χ4n) is 6.16. The molecule has 3 aliphatic rings. The van der Waals surface area contributed by atoms with Crippen LogP contribution in [0, 0.1) is 17.1 Å². The lowest BCUT2D eigenvalue weighted by Crippen LogP contribution is -2.55. The standard InChI is InChI=1S/C30H38FN7O3/c1-4-27(39)38-17-16-37(18-21(38)12-13-32)29-23-9-7-15-36(26-11-5-10-24(31)28(26)40-3)19-25(23)33-30(34-29)41-20-22-8-6-14-35(22)2/h4-5,10-11,21-22H,1,6-9,12,14-20H2,2-3H3/t21?,22-/m0/s1. The lowest BCUT2D eigenvalue weighted by Gasteiger charge is -2.41. The molecule has 0 bridgehead atoms. The van der Waals surface area contributed by atoms with Gasteiger partial charge in [-0.05, 0) is 57.5 Å². The molecule has 1 amide bonds. The van der Waals surface area contributed by atoms with E-state index in [4.69, 9.17) is 19.4 Å². The molecule has 11 heteroatoms. The van der Waals surface area contributed by atoms with Crippen LogP contribution in [-0.4, -0.2) is 91.2 Å². The highest BCUT2D eigenvalue weighted by molar-refractivity contribution is 5.87. The van der Waals surface area contributed by atoms with E-state index in [9.17, 15) is 14.4 Å². The van der Waals surface area contributed by atoms with E-state index in [1.54, 1.807) is 11.0 Å². The van der Waals surface area contributed by atoms with Crippen molar-refractivity contribution in [1.82, 2.24) is 19.8 Å². The van der Waals surface area contributed by atoms with Crippen molar-refractivity contribution in [3.63, 3.8) is 0 Å². The van der Waals surface area contributed by atoms with E-state index in [1.165, 1.54) is 19.3 Å².